The van der Waals surface area contributed by atoms with E-state index in [1.807, 2.05) is 30.3 Å². The van der Waals surface area contributed by atoms with Crippen LogP contribution in [0.2, 0.25) is 0 Å². The fourth-order valence-corrected chi connectivity index (χ4v) is 3.59. The summed E-state index contributed by atoms with van der Waals surface area (Å²) in [4.78, 5) is 21.2. The van der Waals surface area contributed by atoms with Gasteiger partial charge in [-0.25, -0.2) is 4.98 Å². The third-order valence-electron chi connectivity index (χ3n) is 4.49. The lowest BCUT2D eigenvalue weighted by molar-refractivity contribution is 0.102. The van der Waals surface area contributed by atoms with Gasteiger partial charge in [-0.15, -0.1) is 11.8 Å². The average Bonchev–Trinajstić information content (AvgIpc) is 2.73. The molecule has 2 heterocycles. The number of amides is 1. The Kier molecular flexibility index (Phi) is 6.60. The number of carbonyl (C=O) groups excluding carboxylic acids is 1. The van der Waals surface area contributed by atoms with Crippen molar-refractivity contribution in [2.75, 3.05) is 5.32 Å². The molecule has 138 valence electrons. The first-order chi connectivity index (χ1) is 13.2. The number of hydrogen-bond acceptors (Lipinski definition) is 4. The number of thioether (sulfide) groups is 1. The van der Waals surface area contributed by atoms with E-state index in [4.69, 9.17) is 0 Å². The molecule has 0 fully saturated rings. The van der Waals surface area contributed by atoms with Gasteiger partial charge in [-0.1, -0.05) is 26.0 Å². The van der Waals surface area contributed by atoms with E-state index in [9.17, 15) is 4.79 Å². The van der Waals surface area contributed by atoms with Crippen molar-refractivity contribution >= 4 is 23.4 Å². The summed E-state index contributed by atoms with van der Waals surface area (Å²) >= 11 is 1.55. The first kappa shape index (κ1) is 19.1. The molecule has 3 aromatic rings. The third kappa shape index (κ3) is 5.17. The minimum atomic E-state index is -0.142. The second kappa shape index (κ2) is 9.33. The molecule has 0 spiro atoms. The predicted octanol–water partition coefficient (Wildman–Crippen LogP) is 5.53. The van der Waals surface area contributed by atoms with Gasteiger partial charge in [0.05, 0.1) is 5.56 Å². The molecule has 0 aliphatic heterocycles. The lowest BCUT2D eigenvalue weighted by Crippen LogP contribution is -2.13. The molecular weight excluding hydrogens is 354 g/mol. The number of nitrogens with zero attached hydrogens (tertiary/aromatic N) is 2. The summed E-state index contributed by atoms with van der Waals surface area (Å²) in [6.45, 7) is 4.38. The molecule has 1 unspecified atom stereocenters. The van der Waals surface area contributed by atoms with Crippen LogP contribution in [0.1, 0.15) is 47.7 Å². The highest BCUT2D eigenvalue weighted by Gasteiger charge is 2.13. The number of rotatable bonds is 7. The van der Waals surface area contributed by atoms with Gasteiger partial charge in [0.1, 0.15) is 5.03 Å². The Bertz CT molecular complexity index is 882. The van der Waals surface area contributed by atoms with E-state index in [1.165, 1.54) is 5.56 Å². The van der Waals surface area contributed by atoms with Crippen LogP contribution >= 0.6 is 11.8 Å². The largest absolute Gasteiger partial charge is 0.322 e. The molecule has 3 rings (SSSR count). The van der Waals surface area contributed by atoms with Crippen molar-refractivity contribution in [3.63, 3.8) is 0 Å². The SMILES string of the molecule is CCC(C)c1ccc(NC(=O)c2cccnc2SCc2ccncc2)cc1. The van der Waals surface area contributed by atoms with Crippen LogP contribution in [-0.2, 0) is 5.75 Å². The number of hydrogen-bond donors (Lipinski definition) is 1. The van der Waals surface area contributed by atoms with Crippen molar-refractivity contribution < 1.29 is 4.79 Å². The normalized spacial score (nSPS) is 11.8. The first-order valence-corrected chi connectivity index (χ1v) is 10.0. The third-order valence-corrected chi connectivity index (χ3v) is 5.57. The van der Waals surface area contributed by atoms with Crippen molar-refractivity contribution in [2.45, 2.75) is 37.0 Å². The van der Waals surface area contributed by atoms with Crippen LogP contribution in [0.15, 0.2) is 72.1 Å². The van der Waals surface area contributed by atoms with Crippen molar-refractivity contribution in [1.82, 2.24) is 9.97 Å². The quantitative estimate of drug-likeness (QED) is 0.550. The smallest absolute Gasteiger partial charge is 0.258 e. The lowest BCUT2D eigenvalue weighted by atomic mass is 9.98. The van der Waals surface area contributed by atoms with Crippen molar-refractivity contribution in [2.24, 2.45) is 0 Å². The minimum absolute atomic E-state index is 0.142. The topological polar surface area (TPSA) is 54.9 Å². The summed E-state index contributed by atoms with van der Waals surface area (Å²) in [5.74, 6) is 1.12. The maximum Gasteiger partial charge on any atom is 0.258 e. The van der Waals surface area contributed by atoms with Gasteiger partial charge in [-0.3, -0.25) is 9.78 Å². The zero-order valence-corrected chi connectivity index (χ0v) is 16.4. The van der Waals surface area contributed by atoms with Gasteiger partial charge in [0.2, 0.25) is 0 Å². The van der Waals surface area contributed by atoms with E-state index in [0.717, 1.165) is 28.5 Å². The average molecular weight is 378 g/mol. The maximum absolute atomic E-state index is 12.7. The molecule has 1 aromatic carbocycles. The summed E-state index contributed by atoms with van der Waals surface area (Å²) in [5.41, 5.74) is 3.81. The van der Waals surface area contributed by atoms with Crippen molar-refractivity contribution in [3.05, 3.63) is 83.8 Å². The molecule has 0 aliphatic carbocycles. The fraction of sp³-hybridized carbons (Fsp3) is 0.227. The van der Waals surface area contributed by atoms with Crippen LogP contribution in [0.3, 0.4) is 0 Å². The Morgan fingerprint density at radius 1 is 1.07 bits per heavy atom. The van der Waals surface area contributed by atoms with Crippen LogP contribution < -0.4 is 5.32 Å². The summed E-state index contributed by atoms with van der Waals surface area (Å²) in [7, 11) is 0. The Labute approximate surface area is 164 Å². The number of carbonyl (C=O) groups is 1. The number of anilines is 1. The molecule has 2 aromatic heterocycles. The number of pyridine rings is 2. The number of aromatic nitrogens is 2. The predicted molar refractivity (Wildman–Crippen MR) is 111 cm³/mol. The van der Waals surface area contributed by atoms with Gasteiger partial charge >= 0.3 is 0 Å². The second-order valence-electron chi connectivity index (χ2n) is 6.39. The molecule has 1 N–H and O–H groups in total. The molecular formula is C22H23N3OS. The second-order valence-corrected chi connectivity index (χ2v) is 7.35. The van der Waals surface area contributed by atoms with Crippen LogP contribution in [0.5, 0.6) is 0 Å². The standard InChI is InChI=1S/C22H23N3OS/c1-3-16(2)18-6-8-19(9-7-18)25-21(26)20-5-4-12-24-22(20)27-15-17-10-13-23-14-11-17/h4-14,16H,3,15H2,1-2H3,(H,25,26). The van der Waals surface area contributed by atoms with E-state index < -0.39 is 0 Å². The molecule has 27 heavy (non-hydrogen) atoms. The van der Waals surface area contributed by atoms with Crippen LogP contribution in [0, 0.1) is 0 Å². The monoisotopic (exact) mass is 377 g/mol. The van der Waals surface area contributed by atoms with Crippen LogP contribution in [0.4, 0.5) is 5.69 Å². The van der Waals surface area contributed by atoms with Crippen LogP contribution in [-0.4, -0.2) is 15.9 Å². The Hall–Kier alpha value is -2.66. The Morgan fingerprint density at radius 3 is 2.52 bits per heavy atom. The summed E-state index contributed by atoms with van der Waals surface area (Å²) in [6, 6.07) is 15.6. The van der Waals surface area contributed by atoms with Crippen LogP contribution in [0.25, 0.3) is 0 Å². The minimum Gasteiger partial charge on any atom is -0.322 e. The van der Waals surface area contributed by atoms with Gasteiger partial charge in [-0.2, -0.15) is 0 Å². The molecule has 0 saturated carbocycles. The molecule has 0 aliphatic rings. The summed E-state index contributed by atoms with van der Waals surface area (Å²) in [6.07, 6.45) is 6.35. The highest BCUT2D eigenvalue weighted by atomic mass is 32.2. The molecule has 0 bridgehead atoms. The van der Waals surface area contributed by atoms with Crippen molar-refractivity contribution in [1.29, 1.82) is 0 Å². The van der Waals surface area contributed by atoms with Gasteiger partial charge in [0.15, 0.2) is 0 Å². The molecule has 0 radical (unpaired) electrons. The zero-order chi connectivity index (χ0) is 19.1. The summed E-state index contributed by atoms with van der Waals surface area (Å²) in [5, 5.41) is 3.70. The highest BCUT2D eigenvalue weighted by molar-refractivity contribution is 7.98. The zero-order valence-electron chi connectivity index (χ0n) is 15.6. The van der Waals surface area contributed by atoms with E-state index in [0.29, 0.717) is 11.5 Å². The van der Waals surface area contributed by atoms with E-state index in [1.54, 1.807) is 36.4 Å². The molecule has 1 atom stereocenters. The van der Waals surface area contributed by atoms with Gasteiger partial charge in [0.25, 0.3) is 5.91 Å². The van der Waals surface area contributed by atoms with Gasteiger partial charge in [0, 0.05) is 30.0 Å². The van der Waals surface area contributed by atoms with Gasteiger partial charge in [-0.05, 0) is 59.9 Å². The Balaban J connectivity index is 1.69. The first-order valence-electron chi connectivity index (χ1n) is 9.05. The summed E-state index contributed by atoms with van der Waals surface area (Å²) < 4.78 is 0. The number of benzene rings is 1. The molecule has 5 heteroatoms. The van der Waals surface area contributed by atoms with E-state index >= 15 is 0 Å². The Morgan fingerprint density at radius 2 is 1.81 bits per heavy atom. The lowest BCUT2D eigenvalue weighted by Gasteiger charge is -2.12. The molecule has 1 amide bonds. The fourth-order valence-electron chi connectivity index (χ4n) is 2.64. The highest BCUT2D eigenvalue weighted by Crippen LogP contribution is 2.25. The number of nitrogens with one attached hydrogen (secondary N) is 1. The van der Waals surface area contributed by atoms with E-state index in [2.05, 4.69) is 41.3 Å². The van der Waals surface area contributed by atoms with E-state index in [-0.39, 0.29) is 5.91 Å². The maximum atomic E-state index is 12.7. The molecule has 0 saturated heterocycles. The van der Waals surface area contributed by atoms with Gasteiger partial charge < -0.3 is 5.32 Å². The van der Waals surface area contributed by atoms with Crippen molar-refractivity contribution in [3.8, 4) is 0 Å². The molecule has 4 nitrogen and oxygen atoms in total.